The number of amides is 2. The average molecular weight is 295 g/mol. The zero-order chi connectivity index (χ0) is 15.6. The van der Waals surface area contributed by atoms with Crippen LogP contribution in [0.3, 0.4) is 0 Å². The second-order valence-corrected chi connectivity index (χ2v) is 5.16. The van der Waals surface area contributed by atoms with Crippen molar-refractivity contribution in [3.63, 3.8) is 0 Å². The second-order valence-electron chi connectivity index (χ2n) is 5.16. The van der Waals surface area contributed by atoms with Crippen LogP contribution in [-0.2, 0) is 22.7 Å². The van der Waals surface area contributed by atoms with Gasteiger partial charge in [-0.1, -0.05) is 0 Å². The first-order valence-corrected chi connectivity index (χ1v) is 6.66. The molecule has 0 saturated heterocycles. The van der Waals surface area contributed by atoms with Gasteiger partial charge in [0.15, 0.2) is 0 Å². The largest absolute Gasteiger partial charge is 0.481 e. The van der Waals surface area contributed by atoms with Crippen molar-refractivity contribution in [1.82, 2.24) is 15.2 Å². The van der Waals surface area contributed by atoms with E-state index in [-0.39, 0.29) is 49.7 Å². The van der Waals surface area contributed by atoms with E-state index in [0.29, 0.717) is 11.5 Å². The van der Waals surface area contributed by atoms with Crippen LogP contribution in [0.25, 0.3) is 0 Å². The predicted molar refractivity (Wildman–Crippen MR) is 70.2 cm³/mol. The number of fused-ring (bicyclic) bond motifs is 1. The normalized spacial score (nSPS) is 13.4. The highest BCUT2D eigenvalue weighted by Crippen LogP contribution is 2.24. The van der Waals surface area contributed by atoms with Crippen LogP contribution in [0.15, 0.2) is 4.42 Å². The highest BCUT2D eigenvalue weighted by Gasteiger charge is 2.30. The van der Waals surface area contributed by atoms with Gasteiger partial charge >= 0.3 is 11.9 Å². The second kappa shape index (κ2) is 5.94. The molecule has 1 aliphatic rings. The Morgan fingerprint density at radius 2 is 2.05 bits per heavy atom. The molecule has 0 fully saturated rings. The van der Waals surface area contributed by atoms with Gasteiger partial charge in [0.2, 0.25) is 5.91 Å². The lowest BCUT2D eigenvalue weighted by atomic mass is 10.3. The van der Waals surface area contributed by atoms with E-state index >= 15 is 0 Å². The van der Waals surface area contributed by atoms with Crippen molar-refractivity contribution in [1.29, 1.82) is 0 Å². The van der Waals surface area contributed by atoms with Crippen molar-refractivity contribution >= 4 is 17.8 Å². The monoisotopic (exact) mass is 295 g/mol. The zero-order valence-corrected chi connectivity index (χ0v) is 11.9. The van der Waals surface area contributed by atoms with Crippen LogP contribution in [0.4, 0.5) is 0 Å². The van der Waals surface area contributed by atoms with Gasteiger partial charge in [0.25, 0.3) is 5.89 Å². The summed E-state index contributed by atoms with van der Waals surface area (Å²) < 4.78 is 5.36. The van der Waals surface area contributed by atoms with E-state index in [2.05, 4.69) is 10.3 Å². The molecule has 0 unspecified atom stereocenters. The number of carbonyl (C=O) groups is 3. The van der Waals surface area contributed by atoms with Gasteiger partial charge in [0, 0.05) is 12.5 Å². The Bertz CT molecular complexity index is 555. The molecule has 0 bridgehead atoms. The van der Waals surface area contributed by atoms with Crippen molar-refractivity contribution in [2.45, 2.75) is 45.8 Å². The molecule has 21 heavy (non-hydrogen) atoms. The van der Waals surface area contributed by atoms with Crippen molar-refractivity contribution < 1.29 is 23.9 Å². The molecule has 2 N–H and O–H groups in total. The fourth-order valence-corrected chi connectivity index (χ4v) is 2.01. The summed E-state index contributed by atoms with van der Waals surface area (Å²) in [5.41, 5.74) is 0.549. The number of carboxylic acid groups (broad SMARTS) is 1. The van der Waals surface area contributed by atoms with Crippen LogP contribution < -0.4 is 5.32 Å². The molecule has 1 aliphatic heterocycles. The summed E-state index contributed by atoms with van der Waals surface area (Å²) >= 11 is 0. The van der Waals surface area contributed by atoms with Gasteiger partial charge in [-0.15, -0.1) is 0 Å². The lowest BCUT2D eigenvalue weighted by Gasteiger charge is -2.14. The van der Waals surface area contributed by atoms with E-state index in [4.69, 9.17) is 9.52 Å². The van der Waals surface area contributed by atoms with Crippen LogP contribution in [0.5, 0.6) is 0 Å². The van der Waals surface area contributed by atoms with E-state index in [1.54, 1.807) is 0 Å². The van der Waals surface area contributed by atoms with Crippen molar-refractivity contribution in [3.05, 3.63) is 17.3 Å². The number of aliphatic carboxylic acids is 1. The van der Waals surface area contributed by atoms with Gasteiger partial charge in [-0.3, -0.25) is 14.4 Å². The Hall–Kier alpha value is -2.38. The Morgan fingerprint density at radius 3 is 2.62 bits per heavy atom. The summed E-state index contributed by atoms with van der Waals surface area (Å²) in [4.78, 5) is 39.5. The number of oxazole rings is 1. The maximum atomic E-state index is 11.8. The van der Waals surface area contributed by atoms with Gasteiger partial charge in [0.05, 0.1) is 19.5 Å². The molecule has 0 radical (unpaired) electrons. The molecule has 2 heterocycles. The Kier molecular flexibility index (Phi) is 4.25. The summed E-state index contributed by atoms with van der Waals surface area (Å²) in [6.07, 6.45) is -0.257. The minimum atomic E-state index is -1.01. The number of hydrogen-bond donors (Lipinski definition) is 2. The van der Waals surface area contributed by atoms with E-state index in [9.17, 15) is 14.4 Å². The Morgan fingerprint density at radius 1 is 1.33 bits per heavy atom. The third-order valence-electron chi connectivity index (χ3n) is 2.97. The quantitative estimate of drug-likeness (QED) is 0.818. The number of carbonyl (C=O) groups excluding carboxylic acids is 2. The zero-order valence-electron chi connectivity index (χ0n) is 11.9. The van der Waals surface area contributed by atoms with Gasteiger partial charge in [-0.25, -0.2) is 4.98 Å². The van der Waals surface area contributed by atoms with Crippen LogP contribution in [0.2, 0.25) is 0 Å². The fraction of sp³-hybridized carbons (Fsp3) is 0.538. The van der Waals surface area contributed by atoms with E-state index < -0.39 is 5.97 Å². The SMILES string of the molecule is CC(C)NC(=O)c1nc2c(o1)CN(C(=O)CCC(=O)O)C2. The van der Waals surface area contributed by atoms with Crippen molar-refractivity contribution in [2.24, 2.45) is 0 Å². The van der Waals surface area contributed by atoms with Crippen LogP contribution >= 0.6 is 0 Å². The van der Waals surface area contributed by atoms with Crippen molar-refractivity contribution in [3.8, 4) is 0 Å². The summed E-state index contributed by atoms with van der Waals surface area (Å²) in [5, 5.41) is 11.2. The number of hydrogen-bond acceptors (Lipinski definition) is 5. The van der Waals surface area contributed by atoms with Gasteiger partial charge in [-0.05, 0) is 13.8 Å². The molecule has 1 aromatic rings. The first kappa shape index (κ1) is 15.0. The number of nitrogens with one attached hydrogen (secondary N) is 1. The topological polar surface area (TPSA) is 113 Å². The Balaban J connectivity index is 1.95. The molecule has 114 valence electrons. The van der Waals surface area contributed by atoms with Crippen molar-refractivity contribution in [2.75, 3.05) is 0 Å². The van der Waals surface area contributed by atoms with Gasteiger partial charge in [0.1, 0.15) is 11.5 Å². The summed E-state index contributed by atoms with van der Waals surface area (Å²) in [6, 6.07) is -0.0201. The number of carboxylic acids is 1. The first-order valence-electron chi connectivity index (χ1n) is 6.66. The maximum absolute atomic E-state index is 11.8. The van der Waals surface area contributed by atoms with E-state index in [0.717, 1.165) is 0 Å². The van der Waals surface area contributed by atoms with Crippen LogP contribution in [0, 0.1) is 0 Å². The number of nitrogens with zero attached hydrogens (tertiary/aromatic N) is 2. The highest BCUT2D eigenvalue weighted by molar-refractivity contribution is 5.90. The summed E-state index contributed by atoms with van der Waals surface area (Å²) in [7, 11) is 0. The van der Waals surface area contributed by atoms with Crippen LogP contribution in [-0.4, -0.2) is 38.8 Å². The minimum absolute atomic E-state index is 0.00802. The molecule has 2 rings (SSSR count). The third-order valence-corrected chi connectivity index (χ3v) is 2.97. The van der Waals surface area contributed by atoms with Crippen LogP contribution in [0.1, 0.15) is 48.8 Å². The van der Waals surface area contributed by atoms with Gasteiger partial charge in [-0.2, -0.15) is 0 Å². The maximum Gasteiger partial charge on any atom is 0.307 e. The van der Waals surface area contributed by atoms with E-state index in [1.165, 1.54) is 4.90 Å². The molecule has 0 saturated carbocycles. The Labute approximate surface area is 121 Å². The predicted octanol–water partition coefficient (Wildman–Crippen LogP) is 0.520. The fourth-order valence-electron chi connectivity index (χ4n) is 2.01. The smallest absolute Gasteiger partial charge is 0.307 e. The molecule has 1 aromatic heterocycles. The molecule has 2 amide bonds. The highest BCUT2D eigenvalue weighted by atomic mass is 16.4. The summed E-state index contributed by atoms with van der Waals surface area (Å²) in [6.45, 7) is 4.12. The summed E-state index contributed by atoms with van der Waals surface area (Å²) in [5.74, 6) is -1.19. The third kappa shape index (κ3) is 3.59. The standard InChI is InChI=1S/C13H17N3O5/c1-7(2)14-12(20)13-15-8-5-16(6-9(8)21-13)10(17)3-4-11(18)19/h7H,3-6H2,1-2H3,(H,14,20)(H,18,19). The minimum Gasteiger partial charge on any atom is -0.481 e. The molecule has 0 atom stereocenters. The molecular formula is C13H17N3O5. The lowest BCUT2D eigenvalue weighted by molar-refractivity contribution is -0.141. The number of rotatable bonds is 5. The molecular weight excluding hydrogens is 278 g/mol. The lowest BCUT2D eigenvalue weighted by Crippen LogP contribution is -2.30. The van der Waals surface area contributed by atoms with E-state index in [1.807, 2.05) is 13.8 Å². The molecule has 0 aliphatic carbocycles. The first-order chi connectivity index (χ1) is 9.86. The number of aromatic nitrogens is 1. The van der Waals surface area contributed by atoms with Gasteiger partial charge < -0.3 is 19.7 Å². The molecule has 0 spiro atoms. The molecule has 8 nitrogen and oxygen atoms in total. The average Bonchev–Trinajstić information content (AvgIpc) is 2.92. The molecule has 0 aromatic carbocycles. The molecule has 8 heteroatoms.